The summed E-state index contributed by atoms with van der Waals surface area (Å²) in [6, 6.07) is 4.72. The van der Waals surface area contributed by atoms with Crippen molar-refractivity contribution in [3.05, 3.63) is 23.8 Å². The molecule has 0 aliphatic carbocycles. The van der Waals surface area contributed by atoms with Crippen molar-refractivity contribution in [2.45, 2.75) is 12.8 Å². The zero-order valence-electron chi connectivity index (χ0n) is 9.81. The SMILES string of the molecule is COc1ccc(OCCCCN)c(C(=O)O)c1. The topological polar surface area (TPSA) is 81.8 Å². The molecule has 0 amide bonds. The molecule has 5 heteroatoms. The van der Waals surface area contributed by atoms with Gasteiger partial charge in [0, 0.05) is 0 Å². The molecule has 0 unspecified atom stereocenters. The quantitative estimate of drug-likeness (QED) is 0.705. The lowest BCUT2D eigenvalue weighted by molar-refractivity contribution is 0.0691. The molecule has 0 radical (unpaired) electrons. The van der Waals surface area contributed by atoms with E-state index in [0.717, 1.165) is 12.8 Å². The van der Waals surface area contributed by atoms with Crippen LogP contribution < -0.4 is 15.2 Å². The van der Waals surface area contributed by atoms with Crippen LogP contribution in [0.1, 0.15) is 23.2 Å². The van der Waals surface area contributed by atoms with Crippen molar-refractivity contribution in [3.8, 4) is 11.5 Å². The van der Waals surface area contributed by atoms with E-state index in [0.29, 0.717) is 24.7 Å². The Morgan fingerprint density at radius 2 is 2.18 bits per heavy atom. The highest BCUT2D eigenvalue weighted by Gasteiger charge is 2.12. The van der Waals surface area contributed by atoms with Crippen LogP contribution in [0.25, 0.3) is 0 Å². The third kappa shape index (κ3) is 3.96. The summed E-state index contributed by atoms with van der Waals surface area (Å²) in [5, 5.41) is 9.03. The molecule has 1 aromatic rings. The molecule has 3 N–H and O–H groups in total. The number of unbranched alkanes of at least 4 members (excludes halogenated alkanes) is 1. The highest BCUT2D eigenvalue weighted by molar-refractivity contribution is 5.91. The molecule has 0 spiro atoms. The Kier molecular flexibility index (Phi) is 5.29. The first-order chi connectivity index (χ1) is 8.19. The van der Waals surface area contributed by atoms with Crippen LogP contribution in [-0.4, -0.2) is 31.3 Å². The average Bonchev–Trinajstić information content (AvgIpc) is 2.34. The lowest BCUT2D eigenvalue weighted by atomic mass is 10.2. The van der Waals surface area contributed by atoms with Gasteiger partial charge in [0.05, 0.1) is 13.7 Å². The molecule has 0 aliphatic heterocycles. The van der Waals surface area contributed by atoms with Crippen LogP contribution in [0.4, 0.5) is 0 Å². The van der Waals surface area contributed by atoms with Gasteiger partial charge in [-0.1, -0.05) is 0 Å². The minimum atomic E-state index is -1.03. The van der Waals surface area contributed by atoms with Gasteiger partial charge in [-0.3, -0.25) is 0 Å². The number of carbonyl (C=O) groups is 1. The molecule has 0 saturated heterocycles. The molecule has 5 nitrogen and oxygen atoms in total. The highest BCUT2D eigenvalue weighted by Crippen LogP contribution is 2.24. The summed E-state index contributed by atoms with van der Waals surface area (Å²) < 4.78 is 10.4. The fraction of sp³-hybridized carbons (Fsp3) is 0.417. The standard InChI is InChI=1S/C12H17NO4/c1-16-9-4-5-11(10(8-9)12(14)15)17-7-3-2-6-13/h4-5,8H,2-3,6-7,13H2,1H3,(H,14,15). The maximum atomic E-state index is 11.0. The van der Waals surface area contributed by atoms with Gasteiger partial charge in [-0.2, -0.15) is 0 Å². The molecule has 1 aromatic carbocycles. The van der Waals surface area contributed by atoms with E-state index in [-0.39, 0.29) is 5.56 Å². The largest absolute Gasteiger partial charge is 0.497 e. The first kappa shape index (κ1) is 13.3. The minimum Gasteiger partial charge on any atom is -0.497 e. The Labute approximate surface area is 100 Å². The number of benzene rings is 1. The van der Waals surface area contributed by atoms with Gasteiger partial charge >= 0.3 is 5.97 Å². The second-order valence-electron chi connectivity index (χ2n) is 3.51. The fourth-order valence-electron chi connectivity index (χ4n) is 1.36. The second-order valence-corrected chi connectivity index (χ2v) is 3.51. The van der Waals surface area contributed by atoms with Crippen LogP contribution in [0.3, 0.4) is 0 Å². The van der Waals surface area contributed by atoms with E-state index in [1.54, 1.807) is 12.1 Å². The monoisotopic (exact) mass is 239 g/mol. The summed E-state index contributed by atoms with van der Waals surface area (Å²) in [4.78, 5) is 11.0. The van der Waals surface area contributed by atoms with E-state index in [9.17, 15) is 4.79 Å². The average molecular weight is 239 g/mol. The number of carboxylic acid groups (broad SMARTS) is 1. The van der Waals surface area contributed by atoms with E-state index in [2.05, 4.69) is 0 Å². The molecule has 0 heterocycles. The van der Waals surface area contributed by atoms with Crippen LogP contribution >= 0.6 is 0 Å². The van der Waals surface area contributed by atoms with Gasteiger partial charge < -0.3 is 20.3 Å². The van der Waals surface area contributed by atoms with Crippen molar-refractivity contribution in [1.29, 1.82) is 0 Å². The summed E-state index contributed by atoms with van der Waals surface area (Å²) >= 11 is 0. The third-order valence-electron chi connectivity index (χ3n) is 2.27. The number of rotatable bonds is 7. The first-order valence-corrected chi connectivity index (χ1v) is 5.43. The molecule has 0 atom stereocenters. The van der Waals surface area contributed by atoms with Crippen LogP contribution in [0.15, 0.2) is 18.2 Å². The van der Waals surface area contributed by atoms with Crippen molar-refractivity contribution in [2.75, 3.05) is 20.3 Å². The molecule has 0 bridgehead atoms. The van der Waals surface area contributed by atoms with Crippen LogP contribution in [0, 0.1) is 0 Å². The minimum absolute atomic E-state index is 0.108. The predicted molar refractivity (Wildman–Crippen MR) is 63.7 cm³/mol. The van der Waals surface area contributed by atoms with E-state index in [1.165, 1.54) is 13.2 Å². The second kappa shape index (κ2) is 6.75. The van der Waals surface area contributed by atoms with E-state index in [4.69, 9.17) is 20.3 Å². The number of hydrogen-bond donors (Lipinski definition) is 2. The Balaban J connectivity index is 2.73. The molecule has 1 rings (SSSR count). The maximum Gasteiger partial charge on any atom is 0.339 e. The summed E-state index contributed by atoms with van der Waals surface area (Å²) in [5.41, 5.74) is 5.47. The molecule has 0 aliphatic rings. The van der Waals surface area contributed by atoms with Gasteiger partial charge in [-0.25, -0.2) is 4.79 Å². The van der Waals surface area contributed by atoms with E-state index >= 15 is 0 Å². The lowest BCUT2D eigenvalue weighted by Gasteiger charge is -2.10. The molecule has 94 valence electrons. The first-order valence-electron chi connectivity index (χ1n) is 5.43. The molecule has 0 aromatic heterocycles. The van der Waals surface area contributed by atoms with Crippen molar-refractivity contribution >= 4 is 5.97 Å². The van der Waals surface area contributed by atoms with Gasteiger partial charge in [0.2, 0.25) is 0 Å². The molecular formula is C12H17NO4. The van der Waals surface area contributed by atoms with Crippen LogP contribution in [0.2, 0.25) is 0 Å². The Hall–Kier alpha value is -1.75. The zero-order valence-corrected chi connectivity index (χ0v) is 9.81. The zero-order chi connectivity index (χ0) is 12.7. The number of ether oxygens (including phenoxy) is 2. The van der Waals surface area contributed by atoms with E-state index in [1.807, 2.05) is 0 Å². The fourth-order valence-corrected chi connectivity index (χ4v) is 1.36. The summed E-state index contributed by atoms with van der Waals surface area (Å²) in [7, 11) is 1.49. The van der Waals surface area contributed by atoms with Crippen molar-refractivity contribution < 1.29 is 19.4 Å². The molecule has 17 heavy (non-hydrogen) atoms. The summed E-state index contributed by atoms with van der Waals surface area (Å²) in [6.07, 6.45) is 1.67. The number of methoxy groups -OCH3 is 1. The normalized spacial score (nSPS) is 10.0. The number of nitrogens with two attached hydrogens (primary N) is 1. The third-order valence-corrected chi connectivity index (χ3v) is 2.27. The van der Waals surface area contributed by atoms with Gasteiger partial charge in [-0.15, -0.1) is 0 Å². The van der Waals surface area contributed by atoms with Crippen molar-refractivity contribution in [2.24, 2.45) is 5.73 Å². The molecule has 0 saturated carbocycles. The summed E-state index contributed by atoms with van der Waals surface area (Å²) in [6.45, 7) is 1.07. The smallest absolute Gasteiger partial charge is 0.339 e. The summed E-state index contributed by atoms with van der Waals surface area (Å²) in [5.74, 6) is -0.176. The Morgan fingerprint density at radius 3 is 2.76 bits per heavy atom. The van der Waals surface area contributed by atoms with Gasteiger partial charge in [0.1, 0.15) is 17.1 Å². The molecular weight excluding hydrogens is 222 g/mol. The van der Waals surface area contributed by atoms with Crippen molar-refractivity contribution in [1.82, 2.24) is 0 Å². The van der Waals surface area contributed by atoms with Gasteiger partial charge in [-0.05, 0) is 37.6 Å². The Bertz CT molecular complexity index is 379. The van der Waals surface area contributed by atoms with Crippen LogP contribution in [0.5, 0.6) is 11.5 Å². The molecule has 0 fully saturated rings. The van der Waals surface area contributed by atoms with Crippen molar-refractivity contribution in [3.63, 3.8) is 0 Å². The van der Waals surface area contributed by atoms with Gasteiger partial charge in [0.25, 0.3) is 0 Å². The number of carboxylic acids is 1. The number of hydrogen-bond acceptors (Lipinski definition) is 4. The predicted octanol–water partition coefficient (Wildman–Crippen LogP) is 1.51. The van der Waals surface area contributed by atoms with E-state index < -0.39 is 5.97 Å². The van der Waals surface area contributed by atoms with Gasteiger partial charge in [0.15, 0.2) is 0 Å². The Morgan fingerprint density at radius 1 is 1.41 bits per heavy atom. The lowest BCUT2D eigenvalue weighted by Crippen LogP contribution is -2.07. The van der Waals surface area contributed by atoms with Crippen LogP contribution in [-0.2, 0) is 0 Å². The highest BCUT2D eigenvalue weighted by atomic mass is 16.5. The number of aromatic carboxylic acids is 1. The maximum absolute atomic E-state index is 11.0.